The van der Waals surface area contributed by atoms with Crippen molar-refractivity contribution in [2.75, 3.05) is 0 Å². The fourth-order valence-corrected chi connectivity index (χ4v) is 2.89. The number of H-pyrrole nitrogens is 1. The van der Waals surface area contributed by atoms with E-state index in [2.05, 4.69) is 14.5 Å². The molecule has 0 unspecified atom stereocenters. The van der Waals surface area contributed by atoms with E-state index in [0.717, 1.165) is 23.5 Å². The van der Waals surface area contributed by atoms with Gasteiger partial charge in [-0.2, -0.15) is 17.6 Å². The number of aromatic amines is 1. The zero-order valence-corrected chi connectivity index (χ0v) is 15.9. The van der Waals surface area contributed by atoms with Crippen molar-refractivity contribution in [2.24, 2.45) is 5.41 Å². The Morgan fingerprint density at radius 3 is 2.36 bits per heavy atom. The predicted molar refractivity (Wildman–Crippen MR) is 96.4 cm³/mol. The summed E-state index contributed by atoms with van der Waals surface area (Å²) in [5.74, 6) is -1.00. The lowest BCUT2D eigenvalue weighted by Crippen LogP contribution is -2.22. The number of benzene rings is 1. The molecule has 0 aliphatic heterocycles. The molecule has 0 spiro atoms. The highest BCUT2D eigenvalue weighted by atomic mass is 32.1. The molecule has 28 heavy (non-hydrogen) atoms. The molecule has 0 aliphatic rings. The van der Waals surface area contributed by atoms with Crippen molar-refractivity contribution in [1.29, 1.82) is 0 Å². The Morgan fingerprint density at radius 2 is 1.79 bits per heavy atom. The summed E-state index contributed by atoms with van der Waals surface area (Å²) >= 11 is 0.947. The number of rotatable bonds is 6. The number of nitrogens with one attached hydrogen (secondary N) is 1. The van der Waals surface area contributed by atoms with Gasteiger partial charge >= 0.3 is 13.2 Å². The third kappa shape index (κ3) is 5.95. The maximum Gasteiger partial charge on any atom is 0.387 e. The molecule has 0 bridgehead atoms. The molecule has 0 radical (unpaired) electrons. The van der Waals surface area contributed by atoms with Crippen molar-refractivity contribution >= 4 is 29.3 Å². The van der Waals surface area contributed by atoms with Crippen molar-refractivity contribution in [3.63, 3.8) is 0 Å². The van der Waals surface area contributed by atoms with Gasteiger partial charge in [0.25, 0.3) is 5.56 Å². The topological polar surface area (TPSA) is 68.4 Å². The number of aromatic nitrogens is 1. The highest BCUT2D eigenvalue weighted by Gasteiger charge is 2.18. The molecule has 0 saturated heterocycles. The van der Waals surface area contributed by atoms with E-state index in [1.807, 2.05) is 0 Å². The zero-order chi connectivity index (χ0) is 21.1. The largest absolute Gasteiger partial charge is 0.435 e. The average molecular weight is 419 g/mol. The van der Waals surface area contributed by atoms with E-state index in [4.69, 9.17) is 0 Å². The van der Waals surface area contributed by atoms with Crippen LogP contribution in [0.5, 0.6) is 11.5 Å². The summed E-state index contributed by atoms with van der Waals surface area (Å²) in [5, 5.41) is 0. The van der Waals surface area contributed by atoms with Crippen molar-refractivity contribution in [2.45, 2.75) is 34.0 Å². The molecule has 0 amide bonds. The fourth-order valence-electron chi connectivity index (χ4n) is 2.01. The molecule has 2 aromatic rings. The van der Waals surface area contributed by atoms with Crippen LogP contribution >= 0.6 is 11.3 Å². The number of alkyl halides is 4. The van der Waals surface area contributed by atoms with Gasteiger partial charge in [-0.1, -0.05) is 20.8 Å². The molecule has 0 fully saturated rings. The van der Waals surface area contributed by atoms with Crippen LogP contribution in [0.2, 0.25) is 0 Å². The third-order valence-electron chi connectivity index (χ3n) is 3.39. The van der Waals surface area contributed by atoms with Crippen LogP contribution in [0.1, 0.15) is 26.3 Å². The third-order valence-corrected chi connectivity index (χ3v) is 4.36. The predicted octanol–water partition coefficient (Wildman–Crippen LogP) is 2.86. The number of ether oxygens (including phenoxy) is 2. The van der Waals surface area contributed by atoms with E-state index in [1.165, 1.54) is 18.2 Å². The second-order valence-electron chi connectivity index (χ2n) is 6.64. The molecular weight excluding hydrogens is 402 g/mol. The minimum absolute atomic E-state index is 0.0583. The molecule has 0 atom stereocenters. The molecule has 0 aliphatic carbocycles. The SMILES string of the molecule is CC(C)(C)C(=O)/C=c1\[nH]c(=O)/c(=C\c2ccc(OC(F)F)cc2OC(F)F)s1. The Bertz CT molecular complexity index is 1020. The quantitative estimate of drug-likeness (QED) is 0.732. The average Bonchev–Trinajstić information content (AvgIpc) is 2.87. The van der Waals surface area contributed by atoms with Crippen LogP contribution in [0.25, 0.3) is 12.2 Å². The monoisotopic (exact) mass is 419 g/mol. The highest BCUT2D eigenvalue weighted by molar-refractivity contribution is 7.07. The van der Waals surface area contributed by atoms with E-state index in [0.29, 0.717) is 4.66 Å². The van der Waals surface area contributed by atoms with Gasteiger partial charge in [0.15, 0.2) is 5.78 Å². The Balaban J connectivity index is 2.51. The lowest BCUT2D eigenvalue weighted by molar-refractivity contribution is -0.120. The summed E-state index contributed by atoms with van der Waals surface area (Å²) in [6.45, 7) is -1.17. The molecule has 1 N–H and O–H groups in total. The number of carbonyl (C=O) groups is 1. The maximum absolute atomic E-state index is 12.6. The fraction of sp³-hybridized carbons (Fsp3) is 0.333. The van der Waals surface area contributed by atoms with Gasteiger partial charge < -0.3 is 14.5 Å². The standard InChI is InChI=1S/C18H17F4NO4S/c1-18(2,3)13(24)8-14-23-15(25)12(28-14)6-9-4-5-10(26-16(19)20)7-11(9)27-17(21)22/h4-8,16-17H,1-3H3,(H,23,25)/b12-6+,14-8+. The number of thiazole rings is 1. The number of hydrogen-bond donors (Lipinski definition) is 1. The molecule has 1 aromatic carbocycles. The van der Waals surface area contributed by atoms with Crippen LogP contribution in [-0.4, -0.2) is 24.0 Å². The molecule has 1 aromatic heterocycles. The van der Waals surface area contributed by atoms with Crippen LogP contribution in [0.4, 0.5) is 17.6 Å². The van der Waals surface area contributed by atoms with E-state index in [1.54, 1.807) is 20.8 Å². The first-order chi connectivity index (χ1) is 13.0. The zero-order valence-electron chi connectivity index (χ0n) is 15.1. The van der Waals surface area contributed by atoms with Crippen LogP contribution in [0, 0.1) is 5.41 Å². The summed E-state index contributed by atoms with van der Waals surface area (Å²) < 4.78 is 58.8. The first-order valence-electron chi connectivity index (χ1n) is 7.96. The van der Waals surface area contributed by atoms with E-state index >= 15 is 0 Å². The van der Waals surface area contributed by atoms with Gasteiger partial charge in [-0.3, -0.25) is 9.59 Å². The van der Waals surface area contributed by atoms with Gasteiger partial charge in [0.2, 0.25) is 0 Å². The second-order valence-corrected chi connectivity index (χ2v) is 7.73. The van der Waals surface area contributed by atoms with Crippen molar-refractivity contribution in [3.8, 4) is 11.5 Å². The Kier molecular flexibility index (Phi) is 6.65. The summed E-state index contributed by atoms with van der Waals surface area (Å²) in [6.07, 6.45) is 2.55. The van der Waals surface area contributed by atoms with Gasteiger partial charge in [-0.05, 0) is 18.2 Å². The highest BCUT2D eigenvalue weighted by Crippen LogP contribution is 2.28. The Labute approximate surface area is 160 Å². The lowest BCUT2D eigenvalue weighted by Gasteiger charge is -2.12. The summed E-state index contributed by atoms with van der Waals surface area (Å²) in [6, 6.07) is 3.22. The van der Waals surface area contributed by atoms with E-state index in [9.17, 15) is 27.2 Å². The summed E-state index contributed by atoms with van der Waals surface area (Å²) in [5.41, 5.74) is -1.11. The van der Waals surface area contributed by atoms with Gasteiger partial charge in [0.1, 0.15) is 11.5 Å². The normalized spacial score (nSPS) is 13.5. The molecule has 152 valence electrons. The molecule has 5 nitrogen and oxygen atoms in total. The van der Waals surface area contributed by atoms with Crippen LogP contribution in [0.3, 0.4) is 0 Å². The number of carbonyl (C=O) groups excluding carboxylic acids is 1. The number of hydrogen-bond acceptors (Lipinski definition) is 5. The number of halogens is 4. The molecular formula is C18H17F4NO4S. The molecule has 0 saturated carbocycles. The van der Waals surface area contributed by atoms with Crippen LogP contribution in [-0.2, 0) is 4.79 Å². The first-order valence-corrected chi connectivity index (χ1v) is 8.78. The maximum atomic E-state index is 12.6. The number of Topliss-reactive ketones (excluding diaryl/α,β-unsaturated/α-hetero) is 1. The summed E-state index contributed by atoms with van der Waals surface area (Å²) in [4.78, 5) is 26.7. The van der Waals surface area contributed by atoms with E-state index in [-0.39, 0.29) is 21.6 Å². The van der Waals surface area contributed by atoms with Crippen LogP contribution < -0.4 is 24.2 Å². The van der Waals surface area contributed by atoms with Crippen molar-refractivity contribution < 1.29 is 31.8 Å². The van der Waals surface area contributed by atoms with E-state index < -0.39 is 29.9 Å². The minimum atomic E-state index is -3.20. The Hall–Kier alpha value is -2.62. The summed E-state index contributed by atoms with van der Waals surface area (Å²) in [7, 11) is 0. The smallest absolute Gasteiger partial charge is 0.387 e. The van der Waals surface area contributed by atoms with Gasteiger partial charge in [0.05, 0.1) is 9.20 Å². The molecule has 1 heterocycles. The first kappa shape index (κ1) is 21.7. The van der Waals surface area contributed by atoms with Gasteiger partial charge in [0, 0.05) is 23.1 Å². The van der Waals surface area contributed by atoms with Gasteiger partial charge in [-0.15, -0.1) is 11.3 Å². The van der Waals surface area contributed by atoms with Crippen molar-refractivity contribution in [1.82, 2.24) is 4.98 Å². The van der Waals surface area contributed by atoms with Crippen molar-refractivity contribution in [3.05, 3.63) is 43.3 Å². The van der Waals surface area contributed by atoms with Crippen LogP contribution in [0.15, 0.2) is 23.0 Å². The molecule has 10 heteroatoms. The lowest BCUT2D eigenvalue weighted by atomic mass is 9.91. The molecule has 2 rings (SSSR count). The Morgan fingerprint density at radius 1 is 1.14 bits per heavy atom. The number of ketones is 1. The second kappa shape index (κ2) is 8.59. The minimum Gasteiger partial charge on any atom is -0.435 e. The van der Waals surface area contributed by atoms with Gasteiger partial charge in [-0.25, -0.2) is 0 Å².